The molecule has 0 saturated carbocycles. The molecular weight excluding hydrogens is 326 g/mol. The predicted octanol–water partition coefficient (Wildman–Crippen LogP) is 2.67. The number of benzene rings is 1. The molecule has 0 aliphatic rings. The summed E-state index contributed by atoms with van der Waals surface area (Å²) in [5, 5.41) is 10.7. The number of nitrogens with zero attached hydrogens (tertiary/aromatic N) is 1. The maximum Gasteiger partial charge on any atom is 0.321 e. The molecule has 0 aromatic heterocycles. The van der Waals surface area contributed by atoms with Crippen molar-refractivity contribution in [2.45, 2.75) is 6.42 Å². The van der Waals surface area contributed by atoms with E-state index >= 15 is 0 Å². The number of carboxylic acid groups (broad SMARTS) is 1. The Hall–Kier alpha value is -1.70. The Balaban J connectivity index is 2.71. The van der Waals surface area contributed by atoms with Crippen LogP contribution in [0, 0.1) is 11.6 Å². The standard InChI is InChI=1S/C11H11BrF2N2O3/c1-16(3-2-10(17)18)11(19)15-9-4-6(12)7(13)5-8(9)14/h4-5H,2-3H2,1H3,(H,15,19)(H,17,18). The van der Waals surface area contributed by atoms with Crippen LogP contribution in [0.2, 0.25) is 0 Å². The summed E-state index contributed by atoms with van der Waals surface area (Å²) in [6.07, 6.45) is -0.223. The van der Waals surface area contributed by atoms with Crippen molar-refractivity contribution in [2.24, 2.45) is 0 Å². The molecule has 1 rings (SSSR count). The first-order chi connectivity index (χ1) is 8.81. The van der Waals surface area contributed by atoms with Gasteiger partial charge in [-0.2, -0.15) is 0 Å². The van der Waals surface area contributed by atoms with Crippen molar-refractivity contribution in [3.8, 4) is 0 Å². The van der Waals surface area contributed by atoms with Crippen LogP contribution in [0.4, 0.5) is 19.3 Å². The molecule has 2 amide bonds. The van der Waals surface area contributed by atoms with Gasteiger partial charge in [0, 0.05) is 19.7 Å². The van der Waals surface area contributed by atoms with E-state index in [4.69, 9.17) is 5.11 Å². The molecule has 19 heavy (non-hydrogen) atoms. The average Bonchev–Trinajstić information content (AvgIpc) is 2.32. The van der Waals surface area contributed by atoms with E-state index in [9.17, 15) is 18.4 Å². The lowest BCUT2D eigenvalue weighted by Crippen LogP contribution is -2.33. The van der Waals surface area contributed by atoms with Gasteiger partial charge in [-0.25, -0.2) is 13.6 Å². The summed E-state index contributed by atoms with van der Waals surface area (Å²) >= 11 is 2.87. The van der Waals surface area contributed by atoms with Crippen molar-refractivity contribution in [1.29, 1.82) is 0 Å². The molecule has 5 nitrogen and oxygen atoms in total. The zero-order valence-corrected chi connectivity index (χ0v) is 11.5. The number of anilines is 1. The molecule has 1 aromatic rings. The van der Waals surface area contributed by atoms with Crippen LogP contribution in [0.3, 0.4) is 0 Å². The maximum atomic E-state index is 13.4. The van der Waals surface area contributed by atoms with Crippen molar-refractivity contribution in [3.05, 3.63) is 28.2 Å². The van der Waals surface area contributed by atoms with Crippen molar-refractivity contribution >= 4 is 33.6 Å². The van der Waals surface area contributed by atoms with Crippen molar-refractivity contribution < 1.29 is 23.5 Å². The largest absolute Gasteiger partial charge is 0.481 e. The summed E-state index contributed by atoms with van der Waals surface area (Å²) in [4.78, 5) is 23.1. The van der Waals surface area contributed by atoms with Crippen LogP contribution in [-0.2, 0) is 4.79 Å². The monoisotopic (exact) mass is 336 g/mol. The first-order valence-electron chi connectivity index (χ1n) is 5.19. The lowest BCUT2D eigenvalue weighted by Gasteiger charge is -2.17. The number of hydrogen-bond acceptors (Lipinski definition) is 2. The molecule has 104 valence electrons. The summed E-state index contributed by atoms with van der Waals surface area (Å²) in [6, 6.07) is 1.04. The number of nitrogens with one attached hydrogen (secondary N) is 1. The molecule has 2 N–H and O–H groups in total. The van der Waals surface area contributed by atoms with Gasteiger partial charge in [-0.3, -0.25) is 4.79 Å². The van der Waals surface area contributed by atoms with Gasteiger partial charge in [0.25, 0.3) is 0 Å². The van der Waals surface area contributed by atoms with E-state index in [0.717, 1.165) is 11.0 Å². The summed E-state index contributed by atoms with van der Waals surface area (Å²) in [5.41, 5.74) is -0.194. The van der Waals surface area contributed by atoms with Crippen molar-refractivity contribution in [1.82, 2.24) is 4.90 Å². The van der Waals surface area contributed by atoms with Crippen LogP contribution in [0.25, 0.3) is 0 Å². The normalized spacial score (nSPS) is 10.1. The Morgan fingerprint density at radius 1 is 1.37 bits per heavy atom. The molecule has 0 radical (unpaired) electrons. The first-order valence-corrected chi connectivity index (χ1v) is 5.99. The van der Waals surface area contributed by atoms with Gasteiger partial charge in [-0.15, -0.1) is 0 Å². The molecule has 0 aliphatic heterocycles. The predicted molar refractivity (Wildman–Crippen MR) is 68.0 cm³/mol. The smallest absolute Gasteiger partial charge is 0.321 e. The summed E-state index contributed by atoms with van der Waals surface area (Å²) < 4.78 is 26.4. The fourth-order valence-corrected chi connectivity index (χ4v) is 1.54. The van der Waals surface area contributed by atoms with Crippen LogP contribution in [0.1, 0.15) is 6.42 Å². The molecule has 0 atom stereocenters. The molecule has 0 spiro atoms. The fourth-order valence-electron chi connectivity index (χ4n) is 1.19. The first kappa shape index (κ1) is 15.4. The highest BCUT2D eigenvalue weighted by molar-refractivity contribution is 9.10. The van der Waals surface area contributed by atoms with Gasteiger partial charge in [0.2, 0.25) is 0 Å². The number of carbonyl (C=O) groups excluding carboxylic acids is 1. The van der Waals surface area contributed by atoms with E-state index in [0.29, 0.717) is 6.07 Å². The van der Waals surface area contributed by atoms with Gasteiger partial charge in [-0.05, 0) is 22.0 Å². The molecular formula is C11H11BrF2N2O3. The van der Waals surface area contributed by atoms with E-state index in [1.54, 1.807) is 0 Å². The minimum Gasteiger partial charge on any atom is -0.481 e. The number of aliphatic carboxylic acids is 1. The minimum absolute atomic E-state index is 0.0115. The van der Waals surface area contributed by atoms with E-state index in [1.807, 2.05) is 0 Å². The third-order valence-corrected chi connectivity index (χ3v) is 2.87. The average molecular weight is 337 g/mol. The van der Waals surface area contributed by atoms with Crippen LogP contribution < -0.4 is 5.32 Å². The second kappa shape index (κ2) is 6.46. The van der Waals surface area contributed by atoms with Gasteiger partial charge in [0.15, 0.2) is 0 Å². The van der Waals surface area contributed by atoms with Gasteiger partial charge >= 0.3 is 12.0 Å². The molecule has 0 saturated heterocycles. The minimum atomic E-state index is -1.05. The summed E-state index contributed by atoms with van der Waals surface area (Å²) in [7, 11) is 1.37. The number of amides is 2. The quantitative estimate of drug-likeness (QED) is 0.830. The zero-order chi connectivity index (χ0) is 14.6. The third kappa shape index (κ3) is 4.47. The highest BCUT2D eigenvalue weighted by Crippen LogP contribution is 2.23. The highest BCUT2D eigenvalue weighted by Gasteiger charge is 2.14. The van der Waals surface area contributed by atoms with Crippen molar-refractivity contribution in [3.63, 3.8) is 0 Å². The number of carboxylic acids is 1. The Labute approximate surface area is 116 Å². The van der Waals surface area contributed by atoms with E-state index < -0.39 is 23.6 Å². The van der Waals surface area contributed by atoms with Gasteiger partial charge in [0.05, 0.1) is 16.6 Å². The maximum absolute atomic E-state index is 13.4. The van der Waals surface area contributed by atoms with Crippen LogP contribution >= 0.6 is 15.9 Å². The second-order valence-corrected chi connectivity index (χ2v) is 4.60. The molecule has 0 fully saturated rings. The number of rotatable bonds is 4. The topological polar surface area (TPSA) is 69.6 Å². The molecule has 0 heterocycles. The summed E-state index contributed by atoms with van der Waals surface area (Å²) in [5.74, 6) is -2.74. The Morgan fingerprint density at radius 3 is 2.58 bits per heavy atom. The lowest BCUT2D eigenvalue weighted by molar-refractivity contribution is -0.137. The summed E-state index contributed by atoms with van der Waals surface area (Å²) in [6.45, 7) is -0.0227. The van der Waals surface area contributed by atoms with Gasteiger partial charge < -0.3 is 15.3 Å². The van der Waals surface area contributed by atoms with Gasteiger partial charge in [-0.1, -0.05) is 0 Å². The van der Waals surface area contributed by atoms with Gasteiger partial charge in [0.1, 0.15) is 11.6 Å². The van der Waals surface area contributed by atoms with Crippen LogP contribution in [-0.4, -0.2) is 35.6 Å². The Morgan fingerprint density at radius 2 is 2.00 bits per heavy atom. The Kier molecular flexibility index (Phi) is 5.22. The second-order valence-electron chi connectivity index (χ2n) is 3.74. The zero-order valence-electron chi connectivity index (χ0n) is 9.91. The molecule has 8 heteroatoms. The highest BCUT2D eigenvalue weighted by atomic mass is 79.9. The van der Waals surface area contributed by atoms with E-state index in [1.165, 1.54) is 7.05 Å². The lowest BCUT2D eigenvalue weighted by atomic mass is 10.3. The molecule has 0 unspecified atom stereocenters. The number of carbonyl (C=O) groups is 2. The number of urea groups is 1. The molecule has 0 bridgehead atoms. The van der Waals surface area contributed by atoms with E-state index in [2.05, 4.69) is 21.2 Å². The SMILES string of the molecule is CN(CCC(=O)O)C(=O)Nc1cc(Br)c(F)cc1F. The number of hydrogen-bond donors (Lipinski definition) is 2. The Bertz CT molecular complexity index is 511. The van der Waals surface area contributed by atoms with Crippen LogP contribution in [0.15, 0.2) is 16.6 Å². The fraction of sp³-hybridized carbons (Fsp3) is 0.273. The molecule has 1 aromatic carbocycles. The van der Waals surface area contributed by atoms with Crippen LogP contribution in [0.5, 0.6) is 0 Å². The number of halogens is 3. The van der Waals surface area contributed by atoms with Crippen molar-refractivity contribution in [2.75, 3.05) is 18.9 Å². The third-order valence-electron chi connectivity index (χ3n) is 2.26. The molecule has 0 aliphatic carbocycles. The van der Waals surface area contributed by atoms with E-state index in [-0.39, 0.29) is 23.1 Å².